The molecule has 130 valence electrons. The highest BCUT2D eigenvalue weighted by molar-refractivity contribution is 5.94. The van der Waals surface area contributed by atoms with Gasteiger partial charge in [0.2, 0.25) is 0 Å². The van der Waals surface area contributed by atoms with Gasteiger partial charge in [0, 0.05) is 24.7 Å². The molecule has 2 N–H and O–H groups in total. The molecule has 1 aliphatic rings. The Morgan fingerprint density at radius 1 is 1.12 bits per heavy atom. The van der Waals surface area contributed by atoms with Crippen LogP contribution in [0.15, 0.2) is 42.5 Å². The molecular weight excluding hydrogens is 325 g/mol. The van der Waals surface area contributed by atoms with Gasteiger partial charge in [0.05, 0.1) is 0 Å². The number of amides is 1. The van der Waals surface area contributed by atoms with Crippen LogP contribution in [0.5, 0.6) is 0 Å². The molecule has 25 heavy (non-hydrogen) atoms. The lowest BCUT2D eigenvalue weighted by atomic mass is 10.0. The molecule has 1 aliphatic heterocycles. The fourth-order valence-corrected chi connectivity index (χ4v) is 2.84. The molecule has 0 bridgehead atoms. The van der Waals surface area contributed by atoms with Crippen LogP contribution in [0.2, 0.25) is 0 Å². The highest BCUT2D eigenvalue weighted by Gasteiger charge is 2.22. The maximum absolute atomic E-state index is 12.9. The summed E-state index contributed by atoms with van der Waals surface area (Å²) in [5.41, 5.74) is 0.448. The number of carbonyl (C=O) groups excluding carboxylic acids is 1. The first-order valence-corrected chi connectivity index (χ1v) is 8.04. The van der Waals surface area contributed by atoms with Crippen molar-refractivity contribution in [1.82, 2.24) is 10.3 Å². The van der Waals surface area contributed by atoms with Crippen molar-refractivity contribution in [2.75, 3.05) is 18.0 Å². The SMILES string of the molecule is O=C(NC1CCN(c2cccc(C(=O)O)n2)CC1)c1ccc(F)cc1. The summed E-state index contributed by atoms with van der Waals surface area (Å²) in [5, 5.41) is 12.0. The van der Waals surface area contributed by atoms with Crippen molar-refractivity contribution >= 4 is 17.7 Å². The zero-order valence-electron chi connectivity index (χ0n) is 13.5. The van der Waals surface area contributed by atoms with E-state index in [9.17, 15) is 14.0 Å². The number of aromatic nitrogens is 1. The summed E-state index contributed by atoms with van der Waals surface area (Å²) < 4.78 is 12.9. The van der Waals surface area contributed by atoms with Crippen molar-refractivity contribution in [3.05, 3.63) is 59.5 Å². The number of carboxylic acids is 1. The average molecular weight is 343 g/mol. The van der Waals surface area contributed by atoms with Gasteiger partial charge in [0.1, 0.15) is 11.6 Å². The normalized spacial score (nSPS) is 15.0. The number of pyridine rings is 1. The van der Waals surface area contributed by atoms with E-state index in [2.05, 4.69) is 10.3 Å². The number of carboxylic acid groups (broad SMARTS) is 1. The third-order valence-corrected chi connectivity index (χ3v) is 4.21. The van der Waals surface area contributed by atoms with Crippen LogP contribution in [-0.2, 0) is 0 Å². The summed E-state index contributed by atoms with van der Waals surface area (Å²) in [6.45, 7) is 1.34. The van der Waals surface area contributed by atoms with Gasteiger partial charge in [-0.25, -0.2) is 14.2 Å². The molecule has 0 saturated carbocycles. The molecular formula is C18H18FN3O3. The summed E-state index contributed by atoms with van der Waals surface area (Å²) in [5.74, 6) is -1.02. The lowest BCUT2D eigenvalue weighted by Crippen LogP contribution is -2.45. The van der Waals surface area contributed by atoms with Crippen molar-refractivity contribution < 1.29 is 19.1 Å². The van der Waals surface area contributed by atoms with Crippen LogP contribution in [0.3, 0.4) is 0 Å². The van der Waals surface area contributed by atoms with Crippen LogP contribution < -0.4 is 10.2 Å². The highest BCUT2D eigenvalue weighted by atomic mass is 19.1. The molecule has 1 fully saturated rings. The highest BCUT2D eigenvalue weighted by Crippen LogP contribution is 2.18. The van der Waals surface area contributed by atoms with Crippen LogP contribution in [0.1, 0.15) is 33.7 Å². The molecule has 1 amide bonds. The molecule has 7 heteroatoms. The van der Waals surface area contributed by atoms with Crippen LogP contribution in [0.4, 0.5) is 10.2 Å². The number of aromatic carboxylic acids is 1. The molecule has 1 saturated heterocycles. The second-order valence-corrected chi connectivity index (χ2v) is 5.93. The van der Waals surface area contributed by atoms with Crippen LogP contribution >= 0.6 is 0 Å². The van der Waals surface area contributed by atoms with Crippen LogP contribution in [0.25, 0.3) is 0 Å². The van der Waals surface area contributed by atoms with E-state index in [0.717, 1.165) is 12.8 Å². The molecule has 0 unspecified atom stereocenters. The number of nitrogens with one attached hydrogen (secondary N) is 1. The number of carbonyl (C=O) groups is 2. The molecule has 0 spiro atoms. The van der Waals surface area contributed by atoms with E-state index >= 15 is 0 Å². The third kappa shape index (κ3) is 4.12. The predicted molar refractivity (Wildman–Crippen MR) is 90.3 cm³/mol. The van der Waals surface area contributed by atoms with E-state index in [1.807, 2.05) is 4.90 Å². The number of benzene rings is 1. The fourth-order valence-electron chi connectivity index (χ4n) is 2.84. The lowest BCUT2D eigenvalue weighted by molar-refractivity contribution is 0.0690. The Labute approximate surface area is 144 Å². The molecule has 1 aromatic heterocycles. The average Bonchev–Trinajstić information content (AvgIpc) is 2.63. The number of piperidine rings is 1. The minimum atomic E-state index is -1.05. The Bertz CT molecular complexity index is 771. The van der Waals surface area contributed by atoms with Crippen molar-refractivity contribution in [3.8, 4) is 0 Å². The quantitative estimate of drug-likeness (QED) is 0.890. The monoisotopic (exact) mass is 343 g/mol. The standard InChI is InChI=1S/C18H18FN3O3/c19-13-6-4-12(5-7-13)17(23)20-14-8-10-22(11-9-14)16-3-1-2-15(21-16)18(24)25/h1-7,14H,8-11H2,(H,20,23)(H,24,25). The van der Waals surface area contributed by atoms with E-state index < -0.39 is 5.97 Å². The van der Waals surface area contributed by atoms with Gasteiger partial charge in [-0.1, -0.05) is 6.07 Å². The van der Waals surface area contributed by atoms with Gasteiger partial charge in [-0.05, 0) is 49.2 Å². The topological polar surface area (TPSA) is 82.5 Å². The van der Waals surface area contributed by atoms with E-state index in [1.165, 1.54) is 30.3 Å². The number of nitrogens with zero attached hydrogens (tertiary/aromatic N) is 2. The van der Waals surface area contributed by atoms with Crippen molar-refractivity contribution in [2.45, 2.75) is 18.9 Å². The minimum Gasteiger partial charge on any atom is -0.477 e. The van der Waals surface area contributed by atoms with Gasteiger partial charge in [0.25, 0.3) is 5.91 Å². The van der Waals surface area contributed by atoms with Gasteiger partial charge in [0.15, 0.2) is 5.69 Å². The van der Waals surface area contributed by atoms with Gasteiger partial charge < -0.3 is 15.3 Å². The molecule has 2 aromatic rings. The number of hydrogen-bond acceptors (Lipinski definition) is 4. The number of rotatable bonds is 4. The molecule has 0 aliphatic carbocycles. The number of hydrogen-bond donors (Lipinski definition) is 2. The summed E-state index contributed by atoms with van der Waals surface area (Å²) in [7, 11) is 0. The molecule has 6 nitrogen and oxygen atoms in total. The maximum Gasteiger partial charge on any atom is 0.354 e. The Hall–Kier alpha value is -2.96. The zero-order valence-corrected chi connectivity index (χ0v) is 13.5. The largest absolute Gasteiger partial charge is 0.477 e. The second kappa shape index (κ2) is 7.29. The number of anilines is 1. The van der Waals surface area contributed by atoms with Crippen molar-refractivity contribution in [2.24, 2.45) is 0 Å². The zero-order chi connectivity index (χ0) is 17.8. The Morgan fingerprint density at radius 3 is 2.44 bits per heavy atom. The Morgan fingerprint density at radius 2 is 1.80 bits per heavy atom. The Kier molecular flexibility index (Phi) is 4.92. The van der Waals surface area contributed by atoms with Gasteiger partial charge in [-0.15, -0.1) is 0 Å². The van der Waals surface area contributed by atoms with Gasteiger partial charge in [-0.3, -0.25) is 4.79 Å². The Balaban J connectivity index is 1.56. The van der Waals surface area contributed by atoms with E-state index in [-0.39, 0.29) is 23.5 Å². The van der Waals surface area contributed by atoms with Crippen LogP contribution in [-0.4, -0.2) is 41.1 Å². The summed E-state index contributed by atoms with van der Waals surface area (Å²) in [6, 6.07) is 10.4. The lowest BCUT2D eigenvalue weighted by Gasteiger charge is -2.33. The van der Waals surface area contributed by atoms with Gasteiger partial charge >= 0.3 is 5.97 Å². The first-order chi connectivity index (χ1) is 12.0. The summed E-state index contributed by atoms with van der Waals surface area (Å²) in [4.78, 5) is 29.3. The summed E-state index contributed by atoms with van der Waals surface area (Å²) >= 11 is 0. The molecule has 2 heterocycles. The first-order valence-electron chi connectivity index (χ1n) is 8.04. The van der Waals surface area contributed by atoms with Crippen molar-refractivity contribution in [1.29, 1.82) is 0 Å². The molecule has 3 rings (SSSR count). The first kappa shape index (κ1) is 16.9. The third-order valence-electron chi connectivity index (χ3n) is 4.21. The molecule has 1 aromatic carbocycles. The molecule has 0 radical (unpaired) electrons. The fraction of sp³-hybridized carbons (Fsp3) is 0.278. The van der Waals surface area contributed by atoms with E-state index in [1.54, 1.807) is 12.1 Å². The summed E-state index contributed by atoms with van der Waals surface area (Å²) in [6.07, 6.45) is 1.46. The smallest absolute Gasteiger partial charge is 0.354 e. The van der Waals surface area contributed by atoms with Crippen molar-refractivity contribution in [3.63, 3.8) is 0 Å². The minimum absolute atomic E-state index is 0.0178. The predicted octanol–water partition coefficient (Wildman–Crippen LogP) is 2.32. The van der Waals surface area contributed by atoms with Gasteiger partial charge in [-0.2, -0.15) is 0 Å². The molecule has 0 atom stereocenters. The second-order valence-electron chi connectivity index (χ2n) is 5.93. The van der Waals surface area contributed by atoms with E-state index in [0.29, 0.717) is 24.5 Å². The number of halogens is 1. The van der Waals surface area contributed by atoms with Crippen LogP contribution in [0, 0.1) is 5.82 Å². The van der Waals surface area contributed by atoms with E-state index in [4.69, 9.17) is 5.11 Å². The maximum atomic E-state index is 12.9.